The molecule has 0 spiro atoms. The lowest BCUT2D eigenvalue weighted by atomic mass is 10.2. The number of fused-ring (bicyclic) bond motifs is 1. The molecule has 0 radical (unpaired) electrons. The van der Waals surface area contributed by atoms with Crippen molar-refractivity contribution in [3.8, 4) is 0 Å². The Hall–Kier alpha value is -1.39. The highest BCUT2D eigenvalue weighted by atomic mass is 15.1. The van der Waals surface area contributed by atoms with E-state index in [4.69, 9.17) is 5.73 Å². The molecule has 0 saturated carbocycles. The van der Waals surface area contributed by atoms with Gasteiger partial charge in [-0.1, -0.05) is 12.1 Å². The fourth-order valence-corrected chi connectivity index (χ4v) is 2.70. The van der Waals surface area contributed by atoms with Crippen LogP contribution in [0.3, 0.4) is 0 Å². The number of aromatic nitrogens is 2. The van der Waals surface area contributed by atoms with Gasteiger partial charge in [-0.05, 0) is 37.6 Å². The molecule has 18 heavy (non-hydrogen) atoms. The molecule has 2 aromatic rings. The van der Waals surface area contributed by atoms with Gasteiger partial charge < -0.3 is 15.6 Å². The molecule has 1 aromatic heterocycles. The Labute approximate surface area is 107 Å². The van der Waals surface area contributed by atoms with Crippen molar-refractivity contribution < 1.29 is 0 Å². The second kappa shape index (κ2) is 5.08. The van der Waals surface area contributed by atoms with E-state index < -0.39 is 0 Å². The summed E-state index contributed by atoms with van der Waals surface area (Å²) in [6.07, 6.45) is 3.69. The molecule has 0 atom stereocenters. The van der Waals surface area contributed by atoms with E-state index in [0.717, 1.165) is 35.4 Å². The van der Waals surface area contributed by atoms with Crippen LogP contribution in [0.1, 0.15) is 24.2 Å². The number of aromatic amines is 1. The number of para-hydroxylation sites is 1. The predicted molar refractivity (Wildman–Crippen MR) is 73.4 cm³/mol. The number of hydrogen-bond acceptors (Lipinski definition) is 3. The van der Waals surface area contributed by atoms with Crippen molar-refractivity contribution in [1.82, 2.24) is 14.9 Å². The standard InChI is InChI=1S/C14H20N4/c15-10-11-4-3-5-12-14(11)17-13(16-12)6-9-18-7-1-2-8-18/h3-5H,1-2,6-10,15H2,(H,16,17). The quantitative estimate of drug-likeness (QED) is 0.860. The molecule has 1 aliphatic rings. The van der Waals surface area contributed by atoms with E-state index in [1.54, 1.807) is 0 Å². The average Bonchev–Trinajstić information content (AvgIpc) is 3.04. The SMILES string of the molecule is NCc1cccc2[nH]c(CCN3CCCC3)nc12. The lowest BCUT2D eigenvalue weighted by molar-refractivity contribution is 0.341. The summed E-state index contributed by atoms with van der Waals surface area (Å²) in [5.41, 5.74) is 9.00. The molecule has 4 nitrogen and oxygen atoms in total. The zero-order valence-electron chi connectivity index (χ0n) is 10.7. The predicted octanol–water partition coefficient (Wildman–Crippen LogP) is 1.66. The summed E-state index contributed by atoms with van der Waals surface area (Å²) in [5, 5.41) is 0. The summed E-state index contributed by atoms with van der Waals surface area (Å²) < 4.78 is 0. The van der Waals surface area contributed by atoms with Crippen molar-refractivity contribution in [3.05, 3.63) is 29.6 Å². The zero-order chi connectivity index (χ0) is 12.4. The molecular weight excluding hydrogens is 224 g/mol. The van der Waals surface area contributed by atoms with Crippen LogP contribution in [0.25, 0.3) is 11.0 Å². The Kier molecular flexibility index (Phi) is 3.30. The van der Waals surface area contributed by atoms with Crippen molar-refractivity contribution in [2.24, 2.45) is 5.73 Å². The van der Waals surface area contributed by atoms with E-state index in [1.807, 2.05) is 12.1 Å². The van der Waals surface area contributed by atoms with Crippen LogP contribution in [0.15, 0.2) is 18.2 Å². The van der Waals surface area contributed by atoms with Crippen LogP contribution in [-0.4, -0.2) is 34.5 Å². The Morgan fingerprint density at radius 2 is 2.11 bits per heavy atom. The van der Waals surface area contributed by atoms with Gasteiger partial charge in [0.25, 0.3) is 0 Å². The molecular formula is C14H20N4. The fourth-order valence-electron chi connectivity index (χ4n) is 2.70. The van der Waals surface area contributed by atoms with Crippen molar-refractivity contribution in [2.45, 2.75) is 25.8 Å². The monoisotopic (exact) mass is 244 g/mol. The molecule has 96 valence electrons. The van der Waals surface area contributed by atoms with E-state index in [-0.39, 0.29) is 0 Å². The van der Waals surface area contributed by atoms with Gasteiger partial charge in [0, 0.05) is 19.5 Å². The molecule has 1 saturated heterocycles. The first-order chi connectivity index (χ1) is 8.86. The average molecular weight is 244 g/mol. The maximum absolute atomic E-state index is 5.74. The minimum atomic E-state index is 0.549. The van der Waals surface area contributed by atoms with Crippen LogP contribution in [0, 0.1) is 0 Å². The highest BCUT2D eigenvalue weighted by Crippen LogP contribution is 2.17. The smallest absolute Gasteiger partial charge is 0.108 e. The Morgan fingerprint density at radius 3 is 2.89 bits per heavy atom. The van der Waals surface area contributed by atoms with Gasteiger partial charge in [0.05, 0.1) is 11.0 Å². The van der Waals surface area contributed by atoms with Gasteiger partial charge in [0.15, 0.2) is 0 Å². The summed E-state index contributed by atoms with van der Waals surface area (Å²) in [7, 11) is 0. The van der Waals surface area contributed by atoms with Crippen LogP contribution >= 0.6 is 0 Å². The number of benzene rings is 1. The number of rotatable bonds is 4. The number of nitrogens with one attached hydrogen (secondary N) is 1. The molecule has 3 N–H and O–H groups in total. The van der Waals surface area contributed by atoms with Crippen molar-refractivity contribution in [2.75, 3.05) is 19.6 Å². The highest BCUT2D eigenvalue weighted by Gasteiger charge is 2.12. The van der Waals surface area contributed by atoms with Crippen LogP contribution in [0.5, 0.6) is 0 Å². The second-order valence-corrected chi connectivity index (χ2v) is 5.00. The molecule has 0 aliphatic carbocycles. The van der Waals surface area contributed by atoms with Crippen molar-refractivity contribution in [3.63, 3.8) is 0 Å². The van der Waals surface area contributed by atoms with Gasteiger partial charge in [0.1, 0.15) is 5.82 Å². The minimum Gasteiger partial charge on any atom is -0.342 e. The molecule has 1 aliphatic heterocycles. The van der Waals surface area contributed by atoms with E-state index in [2.05, 4.69) is 20.9 Å². The number of likely N-dealkylation sites (tertiary alicyclic amines) is 1. The molecule has 0 bridgehead atoms. The first kappa shape index (κ1) is 11.7. The van der Waals surface area contributed by atoms with Crippen LogP contribution in [-0.2, 0) is 13.0 Å². The van der Waals surface area contributed by atoms with E-state index in [9.17, 15) is 0 Å². The second-order valence-electron chi connectivity index (χ2n) is 5.00. The number of imidazole rings is 1. The summed E-state index contributed by atoms with van der Waals surface area (Å²) in [6.45, 7) is 4.15. The van der Waals surface area contributed by atoms with Gasteiger partial charge in [-0.3, -0.25) is 0 Å². The third-order valence-corrected chi connectivity index (χ3v) is 3.73. The largest absolute Gasteiger partial charge is 0.342 e. The Balaban J connectivity index is 1.76. The molecule has 0 unspecified atom stereocenters. The number of nitrogens with zero attached hydrogens (tertiary/aromatic N) is 2. The van der Waals surface area contributed by atoms with Crippen LogP contribution in [0.2, 0.25) is 0 Å². The molecule has 2 heterocycles. The van der Waals surface area contributed by atoms with Crippen LogP contribution in [0.4, 0.5) is 0 Å². The van der Waals surface area contributed by atoms with E-state index in [0.29, 0.717) is 6.54 Å². The van der Waals surface area contributed by atoms with Crippen molar-refractivity contribution in [1.29, 1.82) is 0 Å². The first-order valence-corrected chi connectivity index (χ1v) is 6.76. The van der Waals surface area contributed by atoms with Gasteiger partial charge in [-0.25, -0.2) is 4.98 Å². The van der Waals surface area contributed by atoms with Gasteiger partial charge in [-0.2, -0.15) is 0 Å². The molecule has 3 rings (SSSR count). The molecule has 1 fully saturated rings. The fraction of sp³-hybridized carbons (Fsp3) is 0.500. The molecule has 1 aromatic carbocycles. The van der Waals surface area contributed by atoms with Gasteiger partial charge in [0.2, 0.25) is 0 Å². The highest BCUT2D eigenvalue weighted by molar-refractivity contribution is 5.78. The lowest BCUT2D eigenvalue weighted by Crippen LogP contribution is -2.22. The number of H-pyrrole nitrogens is 1. The normalized spacial score (nSPS) is 16.7. The third kappa shape index (κ3) is 2.26. The summed E-state index contributed by atoms with van der Waals surface area (Å²) >= 11 is 0. The van der Waals surface area contributed by atoms with E-state index >= 15 is 0 Å². The number of hydrogen-bond donors (Lipinski definition) is 2. The first-order valence-electron chi connectivity index (χ1n) is 6.76. The summed E-state index contributed by atoms with van der Waals surface area (Å²) in [6, 6.07) is 6.15. The van der Waals surface area contributed by atoms with Crippen LogP contribution < -0.4 is 5.73 Å². The lowest BCUT2D eigenvalue weighted by Gasteiger charge is -2.12. The topological polar surface area (TPSA) is 57.9 Å². The molecule has 0 amide bonds. The maximum Gasteiger partial charge on any atom is 0.108 e. The zero-order valence-corrected chi connectivity index (χ0v) is 10.7. The maximum atomic E-state index is 5.74. The summed E-state index contributed by atoms with van der Waals surface area (Å²) in [4.78, 5) is 10.6. The van der Waals surface area contributed by atoms with E-state index in [1.165, 1.54) is 25.9 Å². The third-order valence-electron chi connectivity index (χ3n) is 3.73. The molecule has 4 heteroatoms. The van der Waals surface area contributed by atoms with Gasteiger partial charge >= 0.3 is 0 Å². The Morgan fingerprint density at radius 1 is 1.28 bits per heavy atom. The van der Waals surface area contributed by atoms with Crippen molar-refractivity contribution >= 4 is 11.0 Å². The summed E-state index contributed by atoms with van der Waals surface area (Å²) in [5.74, 6) is 1.08. The number of nitrogens with two attached hydrogens (primary N) is 1. The van der Waals surface area contributed by atoms with Gasteiger partial charge in [-0.15, -0.1) is 0 Å². The minimum absolute atomic E-state index is 0.549. The Bertz CT molecular complexity index is 526.